The minimum Gasteiger partial charge on any atom is -0.465 e. The van der Waals surface area contributed by atoms with Gasteiger partial charge in [0.25, 0.3) is 5.91 Å². The molecule has 0 aliphatic rings. The number of hydrogen-bond acceptors (Lipinski definition) is 4. The quantitative estimate of drug-likeness (QED) is 0.778. The Morgan fingerprint density at radius 3 is 2.67 bits per heavy atom. The summed E-state index contributed by atoms with van der Waals surface area (Å²) >= 11 is 3.25. The average Bonchev–Trinajstić information content (AvgIpc) is 2.35. The van der Waals surface area contributed by atoms with E-state index in [1.807, 2.05) is 6.92 Å². The van der Waals surface area contributed by atoms with Gasteiger partial charge in [0.15, 0.2) is 0 Å². The largest absolute Gasteiger partial charge is 0.465 e. The number of halogens is 1. The van der Waals surface area contributed by atoms with Crippen LogP contribution in [0.25, 0.3) is 0 Å². The lowest BCUT2D eigenvalue weighted by atomic mass is 10.2. The van der Waals surface area contributed by atoms with Gasteiger partial charge in [0.05, 0.1) is 12.2 Å². The molecule has 0 atom stereocenters. The number of amides is 1. The second-order valence-corrected chi connectivity index (χ2v) is 4.43. The Labute approximate surface area is 114 Å². The summed E-state index contributed by atoms with van der Waals surface area (Å²) in [5.74, 6) is -0.644. The van der Waals surface area contributed by atoms with Gasteiger partial charge < -0.3 is 9.64 Å². The number of hydrogen-bond donors (Lipinski definition) is 0. The van der Waals surface area contributed by atoms with Gasteiger partial charge in [-0.15, -0.1) is 0 Å². The molecule has 0 aliphatic carbocycles. The number of nitrogens with zero attached hydrogens (tertiary/aromatic N) is 2. The van der Waals surface area contributed by atoms with Crippen molar-refractivity contribution in [1.29, 1.82) is 0 Å². The van der Waals surface area contributed by atoms with E-state index >= 15 is 0 Å². The molecule has 1 amide bonds. The van der Waals surface area contributed by atoms with Crippen LogP contribution in [0.15, 0.2) is 22.9 Å². The van der Waals surface area contributed by atoms with Crippen LogP contribution in [0.3, 0.4) is 0 Å². The third-order valence-corrected chi connectivity index (χ3v) is 2.68. The summed E-state index contributed by atoms with van der Waals surface area (Å²) in [6.45, 7) is 4.24. The predicted molar refractivity (Wildman–Crippen MR) is 70.1 cm³/mol. The van der Waals surface area contributed by atoms with E-state index in [0.29, 0.717) is 18.7 Å². The van der Waals surface area contributed by atoms with Gasteiger partial charge in [-0.25, -0.2) is 0 Å². The van der Waals surface area contributed by atoms with Gasteiger partial charge in [-0.3, -0.25) is 14.6 Å². The Kier molecular flexibility index (Phi) is 5.77. The summed E-state index contributed by atoms with van der Waals surface area (Å²) in [6, 6.07) is 1.67. The van der Waals surface area contributed by atoms with Crippen LogP contribution in [0.5, 0.6) is 0 Å². The molecule has 0 N–H and O–H groups in total. The van der Waals surface area contributed by atoms with Crippen LogP contribution in [0.1, 0.15) is 24.2 Å². The van der Waals surface area contributed by atoms with E-state index in [2.05, 4.69) is 20.9 Å². The van der Waals surface area contributed by atoms with Crippen molar-refractivity contribution in [2.75, 3.05) is 19.7 Å². The maximum atomic E-state index is 12.1. The lowest BCUT2D eigenvalue weighted by molar-refractivity contribution is -0.143. The molecule has 18 heavy (non-hydrogen) atoms. The molecule has 0 aliphatic heterocycles. The fourth-order valence-electron chi connectivity index (χ4n) is 1.40. The van der Waals surface area contributed by atoms with Gasteiger partial charge in [-0.2, -0.15) is 0 Å². The fraction of sp³-hybridized carbons (Fsp3) is 0.417. The number of ether oxygens (including phenoxy) is 1. The van der Waals surface area contributed by atoms with Crippen molar-refractivity contribution in [2.24, 2.45) is 0 Å². The third kappa shape index (κ3) is 4.10. The monoisotopic (exact) mass is 314 g/mol. The first-order valence-corrected chi connectivity index (χ1v) is 6.43. The molecule has 0 fully saturated rings. The molecule has 0 spiro atoms. The summed E-state index contributed by atoms with van der Waals surface area (Å²) < 4.78 is 5.55. The number of likely N-dealkylation sites (N-methyl/N-ethyl adjacent to an activating group) is 1. The molecule has 98 valence electrons. The number of carbonyl (C=O) groups is 2. The summed E-state index contributed by atoms with van der Waals surface area (Å²) in [5.41, 5.74) is 0.440. The Morgan fingerprint density at radius 1 is 1.39 bits per heavy atom. The second-order valence-electron chi connectivity index (χ2n) is 3.52. The zero-order valence-corrected chi connectivity index (χ0v) is 11.9. The van der Waals surface area contributed by atoms with E-state index < -0.39 is 5.97 Å². The van der Waals surface area contributed by atoms with Crippen molar-refractivity contribution in [3.05, 3.63) is 28.5 Å². The second kappa shape index (κ2) is 7.10. The van der Waals surface area contributed by atoms with Gasteiger partial charge >= 0.3 is 5.97 Å². The van der Waals surface area contributed by atoms with Crippen molar-refractivity contribution in [3.8, 4) is 0 Å². The molecule has 0 radical (unpaired) electrons. The number of rotatable bonds is 5. The maximum absolute atomic E-state index is 12.1. The lowest BCUT2D eigenvalue weighted by Crippen LogP contribution is -2.36. The number of pyridine rings is 1. The van der Waals surface area contributed by atoms with Crippen molar-refractivity contribution in [2.45, 2.75) is 13.8 Å². The average molecular weight is 315 g/mol. The van der Waals surface area contributed by atoms with Crippen LogP contribution >= 0.6 is 15.9 Å². The van der Waals surface area contributed by atoms with Gasteiger partial charge in [-0.05, 0) is 35.8 Å². The molecule has 1 heterocycles. The topological polar surface area (TPSA) is 59.5 Å². The first-order chi connectivity index (χ1) is 8.58. The molecule has 0 saturated heterocycles. The smallest absolute Gasteiger partial charge is 0.325 e. The first kappa shape index (κ1) is 14.6. The highest BCUT2D eigenvalue weighted by atomic mass is 79.9. The maximum Gasteiger partial charge on any atom is 0.325 e. The highest BCUT2D eigenvalue weighted by Gasteiger charge is 2.18. The van der Waals surface area contributed by atoms with Crippen LogP contribution in [0.4, 0.5) is 0 Å². The highest BCUT2D eigenvalue weighted by molar-refractivity contribution is 9.10. The molecule has 1 aromatic rings. The van der Waals surface area contributed by atoms with Crippen LogP contribution < -0.4 is 0 Å². The highest BCUT2D eigenvalue weighted by Crippen LogP contribution is 2.11. The van der Waals surface area contributed by atoms with Gasteiger partial charge in [0.2, 0.25) is 0 Å². The van der Waals surface area contributed by atoms with E-state index in [1.165, 1.54) is 11.1 Å². The van der Waals surface area contributed by atoms with Gasteiger partial charge in [0, 0.05) is 23.4 Å². The molecule has 6 heteroatoms. The van der Waals surface area contributed by atoms with Crippen LogP contribution in [0.2, 0.25) is 0 Å². The molecular formula is C12H15BrN2O3. The number of carbonyl (C=O) groups excluding carboxylic acids is 2. The standard InChI is InChI=1S/C12H15BrN2O3/c1-3-15(8-11(16)18-4-2)12(17)9-5-10(13)7-14-6-9/h5-7H,3-4,8H2,1-2H3. The zero-order chi connectivity index (χ0) is 13.5. The van der Waals surface area contributed by atoms with E-state index in [4.69, 9.17) is 4.74 Å². The Bertz CT molecular complexity index is 437. The summed E-state index contributed by atoms with van der Waals surface area (Å²) in [4.78, 5) is 28.8. The summed E-state index contributed by atoms with van der Waals surface area (Å²) in [5, 5.41) is 0. The van der Waals surface area contributed by atoms with E-state index in [9.17, 15) is 9.59 Å². The fourth-order valence-corrected chi connectivity index (χ4v) is 1.77. The minimum absolute atomic E-state index is 0.0459. The third-order valence-electron chi connectivity index (χ3n) is 2.25. The SMILES string of the molecule is CCOC(=O)CN(CC)C(=O)c1cncc(Br)c1. The summed E-state index contributed by atoms with van der Waals surface area (Å²) in [7, 11) is 0. The van der Waals surface area contributed by atoms with Crippen LogP contribution in [0, 0.1) is 0 Å². The normalized spacial score (nSPS) is 9.94. The molecule has 1 aromatic heterocycles. The molecule has 0 saturated carbocycles. The molecule has 0 aromatic carbocycles. The van der Waals surface area contributed by atoms with Gasteiger partial charge in [-0.1, -0.05) is 0 Å². The Morgan fingerprint density at radius 2 is 2.11 bits per heavy atom. The van der Waals surface area contributed by atoms with E-state index in [0.717, 1.165) is 4.47 Å². The van der Waals surface area contributed by atoms with Crippen molar-refractivity contribution < 1.29 is 14.3 Å². The van der Waals surface area contributed by atoms with Crippen molar-refractivity contribution >= 4 is 27.8 Å². The zero-order valence-electron chi connectivity index (χ0n) is 10.4. The number of aromatic nitrogens is 1. The lowest BCUT2D eigenvalue weighted by Gasteiger charge is -2.19. The van der Waals surface area contributed by atoms with Crippen LogP contribution in [-0.2, 0) is 9.53 Å². The van der Waals surface area contributed by atoms with Crippen molar-refractivity contribution in [3.63, 3.8) is 0 Å². The minimum atomic E-state index is -0.407. The van der Waals surface area contributed by atoms with E-state index in [-0.39, 0.29) is 12.5 Å². The van der Waals surface area contributed by atoms with Gasteiger partial charge in [0.1, 0.15) is 6.54 Å². The molecular weight excluding hydrogens is 300 g/mol. The molecule has 0 bridgehead atoms. The Balaban J connectivity index is 2.76. The Hall–Kier alpha value is -1.43. The first-order valence-electron chi connectivity index (χ1n) is 5.63. The van der Waals surface area contributed by atoms with E-state index in [1.54, 1.807) is 19.2 Å². The van der Waals surface area contributed by atoms with Crippen molar-refractivity contribution in [1.82, 2.24) is 9.88 Å². The molecule has 0 unspecified atom stereocenters. The molecule has 5 nitrogen and oxygen atoms in total. The van der Waals surface area contributed by atoms with Crippen LogP contribution in [-0.4, -0.2) is 41.5 Å². The predicted octanol–water partition coefficient (Wildman–Crippen LogP) is 1.87. The number of esters is 1. The molecule has 1 rings (SSSR count). The summed E-state index contributed by atoms with van der Waals surface area (Å²) in [6.07, 6.45) is 3.07.